The van der Waals surface area contributed by atoms with Crippen molar-refractivity contribution in [3.05, 3.63) is 52.0 Å². The molecule has 6 nitrogen and oxygen atoms in total. The van der Waals surface area contributed by atoms with Crippen molar-refractivity contribution in [2.24, 2.45) is 5.92 Å². The minimum atomic E-state index is -0.435. The van der Waals surface area contributed by atoms with Gasteiger partial charge in [-0.05, 0) is 35.6 Å². The van der Waals surface area contributed by atoms with E-state index in [9.17, 15) is 14.0 Å². The average molecular weight is 449 g/mol. The van der Waals surface area contributed by atoms with E-state index in [4.69, 9.17) is 9.47 Å². The first-order chi connectivity index (χ1) is 14.9. The van der Waals surface area contributed by atoms with E-state index < -0.39 is 5.82 Å². The number of rotatable bonds is 9. The first-order valence-corrected chi connectivity index (χ1v) is 11.3. The van der Waals surface area contributed by atoms with Crippen molar-refractivity contribution in [3.63, 3.8) is 0 Å². The van der Waals surface area contributed by atoms with Crippen molar-refractivity contribution in [1.29, 1.82) is 0 Å². The maximum atomic E-state index is 14.0. The van der Waals surface area contributed by atoms with Crippen LogP contribution >= 0.6 is 11.3 Å². The van der Waals surface area contributed by atoms with Gasteiger partial charge >= 0.3 is 0 Å². The maximum absolute atomic E-state index is 14.0. The first kappa shape index (κ1) is 23.2. The number of hydrogen-bond acceptors (Lipinski definition) is 5. The van der Waals surface area contributed by atoms with Crippen molar-refractivity contribution < 1.29 is 23.5 Å². The number of carbonyl (C=O) groups excluding carboxylic acids is 2. The fourth-order valence-electron chi connectivity index (χ4n) is 3.69. The van der Waals surface area contributed by atoms with Crippen LogP contribution in [0, 0.1) is 11.7 Å². The topological polar surface area (TPSA) is 59.1 Å². The van der Waals surface area contributed by atoms with E-state index in [2.05, 4.69) is 0 Å². The summed E-state index contributed by atoms with van der Waals surface area (Å²) in [5.74, 6) is -0.722. The van der Waals surface area contributed by atoms with Crippen LogP contribution in [-0.4, -0.2) is 61.6 Å². The van der Waals surface area contributed by atoms with Crippen molar-refractivity contribution in [2.45, 2.75) is 26.3 Å². The summed E-state index contributed by atoms with van der Waals surface area (Å²) in [4.78, 5) is 30.4. The van der Waals surface area contributed by atoms with Crippen molar-refractivity contribution in [1.82, 2.24) is 9.80 Å². The van der Waals surface area contributed by atoms with Gasteiger partial charge in [-0.1, -0.05) is 26.0 Å². The molecule has 8 heteroatoms. The second-order valence-corrected chi connectivity index (χ2v) is 8.80. The lowest BCUT2D eigenvalue weighted by molar-refractivity contribution is -0.144. The van der Waals surface area contributed by atoms with E-state index in [0.29, 0.717) is 19.7 Å². The molecule has 1 atom stereocenters. The molecule has 0 fully saturated rings. The lowest BCUT2D eigenvalue weighted by atomic mass is 10.0. The highest BCUT2D eigenvalue weighted by Gasteiger charge is 2.33. The molecular formula is C23H29FN2O4S. The summed E-state index contributed by atoms with van der Waals surface area (Å²) in [5, 5.41) is 2.00. The smallest absolute Gasteiger partial charge is 0.242 e. The molecule has 2 amide bonds. The Labute approximate surface area is 186 Å². The van der Waals surface area contributed by atoms with Gasteiger partial charge in [0, 0.05) is 31.0 Å². The number of halogens is 1. The van der Waals surface area contributed by atoms with Gasteiger partial charge in [-0.15, -0.1) is 11.3 Å². The Morgan fingerprint density at radius 2 is 2.06 bits per heavy atom. The Morgan fingerprint density at radius 1 is 1.29 bits per heavy atom. The van der Waals surface area contributed by atoms with Crippen LogP contribution in [0.15, 0.2) is 35.7 Å². The van der Waals surface area contributed by atoms with Crippen LogP contribution in [0.5, 0.6) is 5.75 Å². The zero-order chi connectivity index (χ0) is 22.4. The fraction of sp³-hybridized carbons (Fsp3) is 0.478. The van der Waals surface area contributed by atoms with Crippen LogP contribution in [0.25, 0.3) is 0 Å². The van der Waals surface area contributed by atoms with Gasteiger partial charge < -0.3 is 19.3 Å². The number of amides is 2. The molecule has 0 bridgehead atoms. The number of ether oxygens (including phenoxy) is 2. The summed E-state index contributed by atoms with van der Waals surface area (Å²) in [6.07, 6.45) is 0.755. The predicted octanol–water partition coefficient (Wildman–Crippen LogP) is 3.52. The standard InChI is InChI=1S/C23H29FN2O4S/c1-16(2)23(28)25(11-12-29-3)14-22(27)26-10-8-21-17(9-13-31-21)19(26)15-30-20-7-5-4-6-18(20)24/h4-7,9,13,16,19H,8,10-12,14-15H2,1-3H3/t19-/m0/s1. The quantitative estimate of drug-likeness (QED) is 0.589. The number of fused-ring (bicyclic) bond motifs is 1. The molecule has 1 aliphatic rings. The number of benzene rings is 1. The van der Waals surface area contributed by atoms with Gasteiger partial charge in [0.2, 0.25) is 11.8 Å². The van der Waals surface area contributed by atoms with Gasteiger partial charge in [-0.2, -0.15) is 0 Å². The third-order valence-corrected chi connectivity index (χ3v) is 6.34. The van der Waals surface area contributed by atoms with Gasteiger partial charge in [-0.25, -0.2) is 4.39 Å². The Kier molecular flexibility index (Phi) is 8.03. The molecular weight excluding hydrogens is 419 g/mol. The van der Waals surface area contributed by atoms with Gasteiger partial charge in [0.1, 0.15) is 6.61 Å². The van der Waals surface area contributed by atoms with E-state index in [-0.39, 0.29) is 42.7 Å². The van der Waals surface area contributed by atoms with E-state index >= 15 is 0 Å². The van der Waals surface area contributed by atoms with Crippen LogP contribution in [0.1, 0.15) is 30.3 Å². The molecule has 2 heterocycles. The van der Waals surface area contributed by atoms with Gasteiger partial charge in [0.05, 0.1) is 19.2 Å². The molecule has 0 N–H and O–H groups in total. The zero-order valence-corrected chi connectivity index (χ0v) is 19.0. The molecule has 1 aromatic heterocycles. The molecule has 1 aliphatic heterocycles. The van der Waals surface area contributed by atoms with Gasteiger partial charge in [-0.3, -0.25) is 9.59 Å². The monoisotopic (exact) mass is 448 g/mol. The van der Waals surface area contributed by atoms with Crippen LogP contribution in [0.3, 0.4) is 0 Å². The predicted molar refractivity (Wildman–Crippen MR) is 118 cm³/mol. The third kappa shape index (κ3) is 5.62. The third-order valence-electron chi connectivity index (χ3n) is 5.35. The maximum Gasteiger partial charge on any atom is 0.242 e. The molecule has 0 radical (unpaired) electrons. The number of carbonyl (C=O) groups is 2. The number of thiophene rings is 1. The Morgan fingerprint density at radius 3 is 2.77 bits per heavy atom. The second kappa shape index (κ2) is 10.7. The highest BCUT2D eigenvalue weighted by Crippen LogP contribution is 2.34. The Hall–Kier alpha value is -2.45. The minimum absolute atomic E-state index is 0.0178. The van der Waals surface area contributed by atoms with Crippen molar-refractivity contribution >= 4 is 23.2 Å². The molecule has 0 saturated heterocycles. The first-order valence-electron chi connectivity index (χ1n) is 10.4. The van der Waals surface area contributed by atoms with E-state index in [1.807, 2.05) is 25.3 Å². The number of methoxy groups -OCH3 is 1. The van der Waals surface area contributed by atoms with Crippen LogP contribution in [0.4, 0.5) is 4.39 Å². The average Bonchev–Trinajstić information content (AvgIpc) is 3.24. The molecule has 0 unspecified atom stereocenters. The summed E-state index contributed by atoms with van der Waals surface area (Å²) < 4.78 is 24.9. The van der Waals surface area contributed by atoms with E-state index in [0.717, 1.165) is 12.0 Å². The minimum Gasteiger partial charge on any atom is -0.488 e. The zero-order valence-electron chi connectivity index (χ0n) is 18.2. The lowest BCUT2D eigenvalue weighted by Crippen LogP contribution is -2.49. The van der Waals surface area contributed by atoms with Crippen molar-refractivity contribution in [2.75, 3.05) is 40.0 Å². The largest absolute Gasteiger partial charge is 0.488 e. The molecule has 168 valence electrons. The lowest BCUT2D eigenvalue weighted by Gasteiger charge is -2.37. The molecule has 3 rings (SSSR count). The highest BCUT2D eigenvalue weighted by molar-refractivity contribution is 7.10. The molecule has 0 spiro atoms. The molecule has 0 saturated carbocycles. The second-order valence-electron chi connectivity index (χ2n) is 7.80. The van der Waals surface area contributed by atoms with Gasteiger partial charge in [0.15, 0.2) is 11.6 Å². The molecule has 0 aliphatic carbocycles. The summed E-state index contributed by atoms with van der Waals surface area (Å²) in [5.41, 5.74) is 1.03. The normalized spacial score (nSPS) is 15.6. The van der Waals surface area contributed by atoms with Gasteiger partial charge in [0.25, 0.3) is 0 Å². The number of hydrogen-bond donors (Lipinski definition) is 0. The van der Waals surface area contributed by atoms with Crippen molar-refractivity contribution in [3.8, 4) is 5.75 Å². The summed E-state index contributed by atoms with van der Waals surface area (Å²) in [6, 6.07) is 7.91. The molecule has 31 heavy (non-hydrogen) atoms. The summed E-state index contributed by atoms with van der Waals surface area (Å²) >= 11 is 1.65. The summed E-state index contributed by atoms with van der Waals surface area (Å²) in [7, 11) is 1.57. The SMILES string of the molecule is COCCN(CC(=O)N1CCc2sccc2[C@@H]1COc1ccccc1F)C(=O)C(C)C. The Bertz CT molecular complexity index is 901. The Balaban J connectivity index is 1.77. The fourth-order valence-corrected chi connectivity index (χ4v) is 4.62. The number of para-hydroxylation sites is 1. The molecule has 1 aromatic carbocycles. The van der Waals surface area contributed by atoms with E-state index in [1.54, 1.807) is 46.4 Å². The van der Waals surface area contributed by atoms with Crippen LogP contribution in [0.2, 0.25) is 0 Å². The highest BCUT2D eigenvalue weighted by atomic mass is 32.1. The van der Waals surface area contributed by atoms with E-state index in [1.165, 1.54) is 10.9 Å². The number of nitrogens with zero attached hydrogens (tertiary/aromatic N) is 2. The summed E-state index contributed by atoms with van der Waals surface area (Å²) in [6.45, 7) is 5.01. The van der Waals surface area contributed by atoms with Crippen LogP contribution in [-0.2, 0) is 20.7 Å². The molecule has 2 aromatic rings. The van der Waals surface area contributed by atoms with Crippen LogP contribution < -0.4 is 4.74 Å².